The summed E-state index contributed by atoms with van der Waals surface area (Å²) in [7, 11) is 0. The van der Waals surface area contributed by atoms with E-state index in [9.17, 15) is 0 Å². The molecule has 0 spiro atoms. The summed E-state index contributed by atoms with van der Waals surface area (Å²) >= 11 is 8.28. The second-order valence-corrected chi connectivity index (χ2v) is 6.53. The Morgan fingerprint density at radius 3 is 2.59 bits per heavy atom. The highest BCUT2D eigenvalue weighted by molar-refractivity contribution is 9.11. The molecule has 86 valence electrons. The standard InChI is InChI=1S/C11H5Br2NO2S/c12-10-3-1-7(15-10)8-5-6(14-16-8)9-2-4-11(13)17-9/h1-5H. The van der Waals surface area contributed by atoms with E-state index in [2.05, 4.69) is 37.0 Å². The number of thiophene rings is 1. The van der Waals surface area contributed by atoms with Crippen LogP contribution in [-0.2, 0) is 0 Å². The second-order valence-electron chi connectivity index (χ2n) is 3.28. The molecular formula is C11H5Br2NO2S. The number of aromatic nitrogens is 1. The van der Waals surface area contributed by atoms with Gasteiger partial charge in [-0.1, -0.05) is 5.16 Å². The van der Waals surface area contributed by atoms with Crippen LogP contribution in [0, 0.1) is 0 Å². The third kappa shape index (κ3) is 2.25. The smallest absolute Gasteiger partial charge is 0.202 e. The predicted molar refractivity (Wildman–Crippen MR) is 72.9 cm³/mol. The first-order chi connectivity index (χ1) is 8.22. The number of furan rings is 1. The van der Waals surface area contributed by atoms with Crippen LogP contribution in [-0.4, -0.2) is 5.16 Å². The summed E-state index contributed by atoms with van der Waals surface area (Å²) in [4.78, 5) is 1.05. The van der Waals surface area contributed by atoms with Gasteiger partial charge in [-0.3, -0.25) is 0 Å². The molecule has 3 heterocycles. The maximum atomic E-state index is 5.40. The molecule has 0 atom stereocenters. The second kappa shape index (κ2) is 4.44. The molecule has 3 rings (SSSR count). The summed E-state index contributed by atoms with van der Waals surface area (Å²) in [5, 5.41) is 4.02. The van der Waals surface area contributed by atoms with Crippen LogP contribution in [0.5, 0.6) is 0 Å². The van der Waals surface area contributed by atoms with Crippen LogP contribution >= 0.6 is 43.2 Å². The molecular weight excluding hydrogens is 370 g/mol. The normalized spacial score (nSPS) is 10.9. The Balaban J connectivity index is 1.98. The fourth-order valence-corrected chi connectivity index (χ4v) is 3.05. The number of hydrogen-bond acceptors (Lipinski definition) is 4. The number of hydrogen-bond donors (Lipinski definition) is 0. The first kappa shape index (κ1) is 11.3. The highest BCUT2D eigenvalue weighted by atomic mass is 79.9. The van der Waals surface area contributed by atoms with Crippen LogP contribution in [0.4, 0.5) is 0 Å². The minimum Gasteiger partial charge on any atom is -0.446 e. The molecule has 3 nitrogen and oxygen atoms in total. The minimum absolute atomic E-state index is 0.621. The Morgan fingerprint density at radius 2 is 1.94 bits per heavy atom. The van der Waals surface area contributed by atoms with Gasteiger partial charge in [0.15, 0.2) is 10.4 Å². The fourth-order valence-electron chi connectivity index (χ4n) is 1.41. The molecule has 17 heavy (non-hydrogen) atoms. The van der Waals surface area contributed by atoms with E-state index >= 15 is 0 Å². The van der Waals surface area contributed by atoms with E-state index in [-0.39, 0.29) is 0 Å². The molecule has 0 amide bonds. The van der Waals surface area contributed by atoms with Gasteiger partial charge in [0, 0.05) is 6.07 Å². The van der Waals surface area contributed by atoms with E-state index < -0.39 is 0 Å². The topological polar surface area (TPSA) is 39.2 Å². The van der Waals surface area contributed by atoms with Gasteiger partial charge < -0.3 is 8.94 Å². The molecule has 0 aliphatic rings. The van der Waals surface area contributed by atoms with Gasteiger partial charge >= 0.3 is 0 Å². The molecule has 3 aromatic rings. The van der Waals surface area contributed by atoms with E-state index in [0.29, 0.717) is 16.2 Å². The molecule has 0 radical (unpaired) electrons. The van der Waals surface area contributed by atoms with Crippen molar-refractivity contribution in [3.05, 3.63) is 38.8 Å². The quantitative estimate of drug-likeness (QED) is 0.619. The van der Waals surface area contributed by atoms with Gasteiger partial charge in [0.05, 0.1) is 8.66 Å². The summed E-state index contributed by atoms with van der Waals surface area (Å²) in [6.07, 6.45) is 0. The van der Waals surface area contributed by atoms with Gasteiger partial charge in [0.2, 0.25) is 5.76 Å². The van der Waals surface area contributed by atoms with Crippen molar-refractivity contribution in [2.45, 2.75) is 0 Å². The van der Waals surface area contributed by atoms with Crippen molar-refractivity contribution >= 4 is 43.2 Å². The van der Waals surface area contributed by atoms with Crippen molar-refractivity contribution in [1.82, 2.24) is 5.16 Å². The lowest BCUT2D eigenvalue weighted by Crippen LogP contribution is -1.66. The van der Waals surface area contributed by atoms with Gasteiger partial charge in [-0.15, -0.1) is 11.3 Å². The summed E-state index contributed by atoms with van der Waals surface area (Å²) in [6.45, 7) is 0. The lowest BCUT2D eigenvalue weighted by molar-refractivity contribution is 0.418. The lowest BCUT2D eigenvalue weighted by atomic mass is 10.3. The molecule has 0 bridgehead atoms. The van der Waals surface area contributed by atoms with Gasteiger partial charge in [-0.05, 0) is 56.1 Å². The summed E-state index contributed by atoms with van der Waals surface area (Å²) < 4.78 is 12.4. The van der Waals surface area contributed by atoms with Crippen molar-refractivity contribution < 1.29 is 8.94 Å². The molecule has 0 aliphatic heterocycles. The maximum Gasteiger partial charge on any atom is 0.202 e. The van der Waals surface area contributed by atoms with Crippen LogP contribution in [0.15, 0.2) is 47.7 Å². The monoisotopic (exact) mass is 373 g/mol. The molecule has 0 N–H and O–H groups in total. The average molecular weight is 375 g/mol. The van der Waals surface area contributed by atoms with Gasteiger partial charge in [0.25, 0.3) is 0 Å². The molecule has 0 aliphatic carbocycles. The average Bonchev–Trinajstić information content (AvgIpc) is 2.96. The van der Waals surface area contributed by atoms with E-state index in [4.69, 9.17) is 8.94 Å². The van der Waals surface area contributed by atoms with E-state index in [1.54, 1.807) is 11.3 Å². The first-order valence-corrected chi connectivity index (χ1v) is 7.11. The van der Waals surface area contributed by atoms with Crippen LogP contribution in [0.3, 0.4) is 0 Å². The Hall–Kier alpha value is -0.850. The Bertz CT molecular complexity index is 601. The molecule has 3 aromatic heterocycles. The number of rotatable bonds is 2. The van der Waals surface area contributed by atoms with Crippen LogP contribution in [0.2, 0.25) is 0 Å². The summed E-state index contributed by atoms with van der Waals surface area (Å²) in [5.74, 6) is 1.28. The SMILES string of the molecule is Brc1ccc(-c2cc(-c3ccc(Br)s3)no2)o1. The predicted octanol–water partition coefficient (Wildman–Crippen LogP) is 5.19. The Labute approximate surface area is 118 Å². The van der Waals surface area contributed by atoms with Crippen molar-refractivity contribution in [1.29, 1.82) is 0 Å². The first-order valence-electron chi connectivity index (χ1n) is 4.70. The van der Waals surface area contributed by atoms with Crippen LogP contribution in [0.1, 0.15) is 0 Å². The van der Waals surface area contributed by atoms with Crippen molar-refractivity contribution in [2.75, 3.05) is 0 Å². The maximum absolute atomic E-state index is 5.40. The largest absolute Gasteiger partial charge is 0.446 e. The minimum atomic E-state index is 0.621. The highest BCUT2D eigenvalue weighted by Gasteiger charge is 2.12. The molecule has 0 fully saturated rings. The van der Waals surface area contributed by atoms with Crippen LogP contribution < -0.4 is 0 Å². The molecule has 0 saturated carbocycles. The van der Waals surface area contributed by atoms with Gasteiger partial charge in [0.1, 0.15) is 5.69 Å². The summed E-state index contributed by atoms with van der Waals surface area (Å²) in [6, 6.07) is 9.49. The van der Waals surface area contributed by atoms with E-state index in [1.807, 2.05) is 30.3 Å². The lowest BCUT2D eigenvalue weighted by Gasteiger charge is -1.85. The summed E-state index contributed by atoms with van der Waals surface area (Å²) in [5.41, 5.74) is 0.809. The number of nitrogens with zero attached hydrogens (tertiary/aromatic N) is 1. The molecule has 6 heteroatoms. The third-order valence-electron chi connectivity index (χ3n) is 2.15. The van der Waals surface area contributed by atoms with Gasteiger partial charge in [-0.2, -0.15) is 0 Å². The van der Waals surface area contributed by atoms with E-state index in [0.717, 1.165) is 14.4 Å². The Kier molecular flexibility index (Phi) is 2.94. The Morgan fingerprint density at radius 1 is 1.06 bits per heavy atom. The van der Waals surface area contributed by atoms with Crippen molar-refractivity contribution in [3.8, 4) is 22.1 Å². The van der Waals surface area contributed by atoms with Crippen molar-refractivity contribution in [2.24, 2.45) is 0 Å². The van der Waals surface area contributed by atoms with Crippen LogP contribution in [0.25, 0.3) is 22.1 Å². The highest BCUT2D eigenvalue weighted by Crippen LogP contribution is 2.33. The molecule has 0 aromatic carbocycles. The zero-order valence-electron chi connectivity index (χ0n) is 8.31. The van der Waals surface area contributed by atoms with Crippen molar-refractivity contribution in [3.63, 3.8) is 0 Å². The van der Waals surface area contributed by atoms with E-state index in [1.165, 1.54) is 0 Å². The fraction of sp³-hybridized carbons (Fsp3) is 0. The third-order valence-corrected chi connectivity index (χ3v) is 4.22. The molecule has 0 unspecified atom stereocenters. The van der Waals surface area contributed by atoms with Gasteiger partial charge in [-0.25, -0.2) is 0 Å². The molecule has 0 saturated heterocycles. The number of halogens is 2. The zero-order valence-corrected chi connectivity index (χ0v) is 12.3. The zero-order chi connectivity index (χ0) is 11.8.